The molecule has 1 saturated heterocycles. The lowest BCUT2D eigenvalue weighted by molar-refractivity contribution is -0.146. The lowest BCUT2D eigenvalue weighted by Crippen LogP contribution is -2.34. The van der Waals surface area contributed by atoms with Gasteiger partial charge in [0.1, 0.15) is 12.3 Å². The third kappa shape index (κ3) is 3.74. The first-order chi connectivity index (χ1) is 12.8. The van der Waals surface area contributed by atoms with Gasteiger partial charge in [0, 0.05) is 15.1 Å². The van der Waals surface area contributed by atoms with Crippen molar-refractivity contribution in [1.82, 2.24) is 4.90 Å². The molecule has 2 aromatic carbocycles. The van der Waals surface area contributed by atoms with Crippen LogP contribution in [0.1, 0.15) is 17.2 Å². The van der Waals surface area contributed by atoms with Gasteiger partial charge in [-0.25, -0.2) is 0 Å². The van der Waals surface area contributed by atoms with E-state index >= 15 is 0 Å². The van der Waals surface area contributed by atoms with Crippen molar-refractivity contribution in [2.24, 2.45) is 0 Å². The molecule has 2 N–H and O–H groups in total. The summed E-state index contributed by atoms with van der Waals surface area (Å²) in [5, 5.41) is 20.3. The van der Waals surface area contributed by atoms with Gasteiger partial charge < -0.3 is 15.1 Å². The van der Waals surface area contributed by atoms with Crippen LogP contribution >= 0.6 is 27.5 Å². The molecule has 27 heavy (non-hydrogen) atoms. The zero-order valence-electron chi connectivity index (χ0n) is 13.7. The highest BCUT2D eigenvalue weighted by molar-refractivity contribution is 9.10. The molecule has 0 radical (unpaired) electrons. The van der Waals surface area contributed by atoms with Crippen molar-refractivity contribution in [3.05, 3.63) is 74.7 Å². The van der Waals surface area contributed by atoms with E-state index in [2.05, 4.69) is 15.9 Å². The minimum Gasteiger partial charge on any atom is -0.507 e. The molecule has 0 spiro atoms. The Hall–Kier alpha value is -2.64. The molecule has 6 nitrogen and oxygen atoms in total. The van der Waals surface area contributed by atoms with Gasteiger partial charge in [-0.15, -0.1) is 0 Å². The Morgan fingerprint density at radius 2 is 1.63 bits per heavy atom. The lowest BCUT2D eigenvalue weighted by atomic mass is 9.95. The van der Waals surface area contributed by atoms with E-state index in [4.69, 9.17) is 16.7 Å². The number of carbonyl (C=O) groups excluding carboxylic acids is 2. The van der Waals surface area contributed by atoms with Crippen LogP contribution in [-0.4, -0.2) is 39.3 Å². The van der Waals surface area contributed by atoms with Crippen LogP contribution < -0.4 is 0 Å². The zero-order valence-corrected chi connectivity index (χ0v) is 16.1. The van der Waals surface area contributed by atoms with Crippen LogP contribution in [0.25, 0.3) is 5.76 Å². The monoisotopic (exact) mass is 449 g/mol. The van der Waals surface area contributed by atoms with Crippen LogP contribution in [0.3, 0.4) is 0 Å². The van der Waals surface area contributed by atoms with Gasteiger partial charge in [0.15, 0.2) is 0 Å². The number of amides is 1. The van der Waals surface area contributed by atoms with E-state index in [1.165, 1.54) is 12.1 Å². The molecule has 138 valence electrons. The van der Waals surface area contributed by atoms with Crippen LogP contribution in [0.5, 0.6) is 0 Å². The highest BCUT2D eigenvalue weighted by Crippen LogP contribution is 2.39. The lowest BCUT2D eigenvalue weighted by Gasteiger charge is -2.23. The minimum atomic E-state index is -1.26. The largest absolute Gasteiger partial charge is 0.507 e. The second kappa shape index (κ2) is 7.54. The number of carbonyl (C=O) groups is 3. The second-order valence-electron chi connectivity index (χ2n) is 5.88. The number of hydrogen-bond donors (Lipinski definition) is 2. The number of halogens is 2. The summed E-state index contributed by atoms with van der Waals surface area (Å²) in [5.41, 5.74) is 0.648. The summed E-state index contributed by atoms with van der Waals surface area (Å²) in [6.45, 7) is -0.664. The molecule has 0 bridgehead atoms. The van der Waals surface area contributed by atoms with Crippen molar-refractivity contribution >= 4 is 50.9 Å². The summed E-state index contributed by atoms with van der Waals surface area (Å²) in [7, 11) is 0. The molecular weight excluding hydrogens is 438 g/mol. The second-order valence-corrected chi connectivity index (χ2v) is 7.23. The molecule has 2 aromatic rings. The summed E-state index contributed by atoms with van der Waals surface area (Å²) in [5.74, 6) is -3.55. The van der Waals surface area contributed by atoms with Gasteiger partial charge in [0.25, 0.3) is 11.7 Å². The predicted octanol–water partition coefficient (Wildman–Crippen LogP) is 3.61. The maximum atomic E-state index is 12.6. The normalized spacial score (nSPS) is 18.7. The van der Waals surface area contributed by atoms with E-state index in [1.54, 1.807) is 36.4 Å². The molecule has 1 amide bonds. The summed E-state index contributed by atoms with van der Waals surface area (Å²) in [6.07, 6.45) is 0. The summed E-state index contributed by atoms with van der Waals surface area (Å²) in [6, 6.07) is 11.8. The first-order valence-electron chi connectivity index (χ1n) is 7.81. The molecule has 0 aromatic heterocycles. The highest BCUT2D eigenvalue weighted by atomic mass is 79.9. The van der Waals surface area contributed by atoms with Crippen LogP contribution in [0.15, 0.2) is 58.6 Å². The number of aliphatic hydroxyl groups is 1. The van der Waals surface area contributed by atoms with E-state index < -0.39 is 30.2 Å². The maximum absolute atomic E-state index is 12.6. The quantitative estimate of drug-likeness (QED) is 0.421. The molecular formula is C19H13BrClNO5. The van der Waals surface area contributed by atoms with Crippen LogP contribution in [0.2, 0.25) is 5.02 Å². The number of ketones is 1. The molecule has 1 atom stereocenters. The number of rotatable bonds is 4. The Morgan fingerprint density at radius 1 is 1.04 bits per heavy atom. The van der Waals surface area contributed by atoms with Gasteiger partial charge in [0.2, 0.25) is 0 Å². The fraction of sp³-hybridized carbons (Fsp3) is 0.105. The number of carboxylic acids is 1. The Bertz CT molecular complexity index is 953. The van der Waals surface area contributed by atoms with Crippen LogP contribution in [-0.2, 0) is 14.4 Å². The first kappa shape index (κ1) is 19.1. The van der Waals surface area contributed by atoms with E-state index in [9.17, 15) is 19.5 Å². The predicted molar refractivity (Wildman–Crippen MR) is 102 cm³/mol. The Morgan fingerprint density at radius 3 is 2.19 bits per heavy atom. The van der Waals surface area contributed by atoms with E-state index in [0.717, 1.165) is 9.37 Å². The SMILES string of the molecule is O=C(O)CN1C(=O)C(=O)C(=C(O)c2ccc(Cl)cc2)[C@@H]1c1ccc(Br)cc1. The third-order valence-electron chi connectivity index (χ3n) is 4.15. The minimum absolute atomic E-state index is 0.161. The summed E-state index contributed by atoms with van der Waals surface area (Å²) in [4.78, 5) is 37.2. The fourth-order valence-corrected chi connectivity index (χ4v) is 3.33. The van der Waals surface area contributed by atoms with Gasteiger partial charge in [0.05, 0.1) is 11.6 Å². The van der Waals surface area contributed by atoms with Gasteiger partial charge in [-0.2, -0.15) is 0 Å². The van der Waals surface area contributed by atoms with Crippen molar-refractivity contribution in [2.45, 2.75) is 6.04 Å². The number of likely N-dealkylation sites (tertiary alicyclic amines) is 1. The number of aliphatic hydroxyl groups excluding tert-OH is 1. The van der Waals surface area contributed by atoms with E-state index in [0.29, 0.717) is 16.1 Å². The molecule has 1 aliphatic heterocycles. The average Bonchev–Trinajstić information content (AvgIpc) is 2.87. The average molecular weight is 451 g/mol. The number of hydrogen-bond acceptors (Lipinski definition) is 4. The number of nitrogens with zero attached hydrogens (tertiary/aromatic N) is 1. The first-order valence-corrected chi connectivity index (χ1v) is 8.98. The number of aliphatic carboxylic acids is 1. The van der Waals surface area contributed by atoms with Gasteiger partial charge in [-0.3, -0.25) is 14.4 Å². The van der Waals surface area contributed by atoms with Crippen molar-refractivity contribution in [2.75, 3.05) is 6.54 Å². The van der Waals surface area contributed by atoms with Gasteiger partial charge >= 0.3 is 5.97 Å². The Labute approximate surface area is 167 Å². The molecule has 1 aliphatic rings. The van der Waals surface area contributed by atoms with E-state index in [1.807, 2.05) is 0 Å². The molecule has 1 heterocycles. The maximum Gasteiger partial charge on any atom is 0.323 e. The third-order valence-corrected chi connectivity index (χ3v) is 4.93. The Balaban J connectivity index is 2.19. The van der Waals surface area contributed by atoms with Crippen molar-refractivity contribution in [3.63, 3.8) is 0 Å². The standard InChI is InChI=1S/C19H13BrClNO5/c20-12-5-1-10(2-6-12)16-15(17(25)11-3-7-13(21)8-4-11)18(26)19(27)22(16)9-14(23)24/h1-8,16,25H,9H2,(H,23,24)/t16-/m0/s1. The molecule has 3 rings (SSSR count). The van der Waals surface area contributed by atoms with Crippen molar-refractivity contribution < 1.29 is 24.6 Å². The van der Waals surface area contributed by atoms with E-state index in [-0.39, 0.29) is 11.3 Å². The highest BCUT2D eigenvalue weighted by Gasteiger charge is 2.46. The zero-order chi connectivity index (χ0) is 19.7. The molecule has 0 saturated carbocycles. The summed E-state index contributed by atoms with van der Waals surface area (Å²) >= 11 is 9.16. The number of carboxylic acid groups (broad SMARTS) is 1. The van der Waals surface area contributed by atoms with Gasteiger partial charge in [-0.1, -0.05) is 39.7 Å². The molecule has 1 fully saturated rings. The smallest absolute Gasteiger partial charge is 0.323 e. The number of benzene rings is 2. The fourth-order valence-electron chi connectivity index (χ4n) is 2.94. The molecule has 0 unspecified atom stereocenters. The van der Waals surface area contributed by atoms with Crippen molar-refractivity contribution in [1.29, 1.82) is 0 Å². The van der Waals surface area contributed by atoms with Crippen LogP contribution in [0.4, 0.5) is 0 Å². The Kier molecular flexibility index (Phi) is 5.34. The van der Waals surface area contributed by atoms with Crippen LogP contribution in [0, 0.1) is 0 Å². The topological polar surface area (TPSA) is 94.9 Å². The van der Waals surface area contributed by atoms with Gasteiger partial charge in [-0.05, 0) is 42.0 Å². The summed E-state index contributed by atoms with van der Waals surface area (Å²) < 4.78 is 0.777. The van der Waals surface area contributed by atoms with Crippen molar-refractivity contribution in [3.8, 4) is 0 Å². The molecule has 0 aliphatic carbocycles. The number of Topliss-reactive ketones (excluding diaryl/α,β-unsaturated/α-hetero) is 1. The molecule has 8 heteroatoms.